The molecule has 1 aliphatic carbocycles. The van der Waals surface area contributed by atoms with Gasteiger partial charge in [0.1, 0.15) is 34.6 Å². The van der Waals surface area contributed by atoms with E-state index in [2.05, 4.69) is 35.1 Å². The van der Waals surface area contributed by atoms with Crippen LogP contribution in [0, 0.1) is 11.2 Å². The summed E-state index contributed by atoms with van der Waals surface area (Å²) in [5, 5.41) is 3.85. The molecule has 2 fully saturated rings. The van der Waals surface area contributed by atoms with E-state index in [0.717, 1.165) is 36.5 Å². The zero-order valence-corrected chi connectivity index (χ0v) is 16.8. The van der Waals surface area contributed by atoms with Crippen LogP contribution in [0.1, 0.15) is 12.8 Å². The largest absolute Gasteiger partial charge is 0.422 e. The maximum absolute atomic E-state index is 13.6. The summed E-state index contributed by atoms with van der Waals surface area (Å²) in [5.74, 6) is 1.06. The third-order valence-electron chi connectivity index (χ3n) is 6.22. The molecule has 4 N–H and O–H groups in total. The number of nitrogens with zero attached hydrogens (tertiary/aromatic N) is 6. The molecule has 2 aliphatic rings. The van der Waals surface area contributed by atoms with Gasteiger partial charge in [0.2, 0.25) is 0 Å². The molecule has 0 radical (unpaired) electrons. The summed E-state index contributed by atoms with van der Waals surface area (Å²) in [6, 6.07) is 1.41. The van der Waals surface area contributed by atoms with Crippen molar-refractivity contribution < 1.29 is 9.13 Å². The molecule has 1 saturated heterocycles. The van der Waals surface area contributed by atoms with Crippen molar-refractivity contribution in [2.75, 3.05) is 30.4 Å². The number of anilines is 2. The SMILES string of the molecule is CNc1ncnc2c1[nH]c1nc(Oc3cncc(F)c3)nc(N3CC(N)C4(CC4)C3)c12. The molecule has 31 heavy (non-hydrogen) atoms. The van der Waals surface area contributed by atoms with Gasteiger partial charge in [-0.1, -0.05) is 0 Å². The molecule has 1 spiro atoms. The number of pyridine rings is 1. The van der Waals surface area contributed by atoms with Gasteiger partial charge in [-0.25, -0.2) is 14.4 Å². The molecule has 0 bridgehead atoms. The monoisotopic (exact) mass is 421 g/mol. The molecule has 158 valence electrons. The summed E-state index contributed by atoms with van der Waals surface area (Å²) in [5.41, 5.74) is 8.60. The highest BCUT2D eigenvalue weighted by Gasteiger charge is 2.54. The molecule has 10 nitrogen and oxygen atoms in total. The lowest BCUT2D eigenvalue weighted by Crippen LogP contribution is -2.30. The van der Waals surface area contributed by atoms with E-state index in [1.807, 2.05) is 0 Å². The average molecular weight is 421 g/mol. The Bertz CT molecular complexity index is 1320. The fourth-order valence-electron chi connectivity index (χ4n) is 4.41. The number of aromatic nitrogens is 6. The maximum atomic E-state index is 13.6. The van der Waals surface area contributed by atoms with Crippen LogP contribution in [0.25, 0.3) is 22.1 Å². The number of nitrogens with one attached hydrogen (secondary N) is 2. The van der Waals surface area contributed by atoms with Gasteiger partial charge in [0.25, 0.3) is 0 Å². The number of nitrogens with two attached hydrogens (primary N) is 1. The summed E-state index contributed by atoms with van der Waals surface area (Å²) >= 11 is 0. The minimum absolute atomic E-state index is 0.0852. The van der Waals surface area contributed by atoms with Crippen LogP contribution in [0.15, 0.2) is 24.8 Å². The standard InChI is InChI=1S/C20H20FN9O/c1-23-17-15-14(25-9-26-17)13-16(27-15)28-19(31-11-4-10(21)5-24-6-11)29-18(13)30-7-12(22)20(8-30)2-3-20/h4-6,9,12H,2-3,7-8,22H2,1H3,(H,23,25,26)(H,27,28,29). The van der Waals surface area contributed by atoms with E-state index >= 15 is 0 Å². The molecule has 5 heterocycles. The second kappa shape index (κ2) is 6.45. The van der Waals surface area contributed by atoms with Crippen LogP contribution in [0.4, 0.5) is 16.0 Å². The first-order chi connectivity index (χ1) is 15.1. The Morgan fingerprint density at radius 1 is 1.29 bits per heavy atom. The van der Waals surface area contributed by atoms with Crippen molar-refractivity contribution >= 4 is 33.7 Å². The lowest BCUT2D eigenvalue weighted by molar-refractivity contribution is 0.437. The number of fused-ring (bicyclic) bond motifs is 3. The Kier molecular flexibility index (Phi) is 3.78. The van der Waals surface area contributed by atoms with Crippen molar-refractivity contribution in [3.63, 3.8) is 0 Å². The summed E-state index contributed by atoms with van der Waals surface area (Å²) in [7, 11) is 1.79. The van der Waals surface area contributed by atoms with Gasteiger partial charge < -0.3 is 25.7 Å². The van der Waals surface area contributed by atoms with E-state index < -0.39 is 5.82 Å². The van der Waals surface area contributed by atoms with Gasteiger partial charge in [0, 0.05) is 37.7 Å². The number of halogens is 1. The highest BCUT2D eigenvalue weighted by atomic mass is 19.1. The summed E-state index contributed by atoms with van der Waals surface area (Å²) in [6.07, 6.45) is 6.27. The Labute approximate surface area is 176 Å². The Balaban J connectivity index is 1.53. The normalized spacial score (nSPS) is 19.5. The third kappa shape index (κ3) is 2.84. The fraction of sp³-hybridized carbons (Fsp3) is 0.350. The smallest absolute Gasteiger partial charge is 0.326 e. The van der Waals surface area contributed by atoms with Gasteiger partial charge in [0.05, 0.1) is 17.8 Å². The minimum Gasteiger partial charge on any atom is -0.422 e. The number of aromatic amines is 1. The Morgan fingerprint density at radius 2 is 2.16 bits per heavy atom. The van der Waals surface area contributed by atoms with Crippen molar-refractivity contribution in [1.29, 1.82) is 0 Å². The first-order valence-corrected chi connectivity index (χ1v) is 10.1. The molecular weight excluding hydrogens is 401 g/mol. The lowest BCUT2D eigenvalue weighted by Gasteiger charge is -2.19. The van der Waals surface area contributed by atoms with E-state index in [0.29, 0.717) is 29.3 Å². The molecule has 0 aromatic carbocycles. The fourth-order valence-corrected chi connectivity index (χ4v) is 4.41. The van der Waals surface area contributed by atoms with Crippen molar-refractivity contribution in [3.8, 4) is 11.8 Å². The lowest BCUT2D eigenvalue weighted by atomic mass is 10.0. The second-order valence-corrected chi connectivity index (χ2v) is 8.16. The molecule has 4 aromatic heterocycles. The van der Waals surface area contributed by atoms with Crippen molar-refractivity contribution in [3.05, 3.63) is 30.6 Å². The Morgan fingerprint density at radius 3 is 2.90 bits per heavy atom. The molecule has 1 atom stereocenters. The molecule has 1 unspecified atom stereocenters. The van der Waals surface area contributed by atoms with Crippen LogP contribution in [-0.4, -0.2) is 56.1 Å². The van der Waals surface area contributed by atoms with Gasteiger partial charge in [-0.3, -0.25) is 4.98 Å². The molecule has 6 rings (SSSR count). The summed E-state index contributed by atoms with van der Waals surface area (Å²) < 4.78 is 19.3. The van der Waals surface area contributed by atoms with E-state index in [1.54, 1.807) is 7.05 Å². The van der Waals surface area contributed by atoms with Crippen molar-refractivity contribution in [2.45, 2.75) is 18.9 Å². The van der Waals surface area contributed by atoms with Gasteiger partial charge >= 0.3 is 6.01 Å². The van der Waals surface area contributed by atoms with Crippen LogP contribution in [-0.2, 0) is 0 Å². The van der Waals surface area contributed by atoms with Gasteiger partial charge in [-0.15, -0.1) is 0 Å². The van der Waals surface area contributed by atoms with E-state index in [1.165, 1.54) is 18.6 Å². The second-order valence-electron chi connectivity index (χ2n) is 8.16. The van der Waals surface area contributed by atoms with E-state index in [4.69, 9.17) is 15.5 Å². The predicted octanol–water partition coefficient (Wildman–Crippen LogP) is 2.20. The number of rotatable bonds is 4. The molecule has 0 amide bonds. The number of H-pyrrole nitrogens is 1. The summed E-state index contributed by atoms with van der Waals surface area (Å²) in [6.45, 7) is 1.50. The average Bonchev–Trinajstić information content (AvgIpc) is 3.33. The Hall–Kier alpha value is -3.60. The van der Waals surface area contributed by atoms with Crippen LogP contribution >= 0.6 is 0 Å². The first kappa shape index (κ1) is 18.2. The van der Waals surface area contributed by atoms with Crippen molar-refractivity contribution in [2.24, 2.45) is 11.1 Å². The van der Waals surface area contributed by atoms with Gasteiger partial charge in [0.15, 0.2) is 11.6 Å². The molecule has 1 aliphatic heterocycles. The quantitative estimate of drug-likeness (QED) is 0.454. The zero-order chi connectivity index (χ0) is 21.2. The van der Waals surface area contributed by atoms with Crippen LogP contribution < -0.4 is 20.7 Å². The van der Waals surface area contributed by atoms with Gasteiger partial charge in [-0.2, -0.15) is 9.97 Å². The molecule has 11 heteroatoms. The number of hydrogen-bond donors (Lipinski definition) is 3. The zero-order valence-electron chi connectivity index (χ0n) is 16.8. The van der Waals surface area contributed by atoms with Gasteiger partial charge in [-0.05, 0) is 12.8 Å². The highest BCUT2D eigenvalue weighted by Crippen LogP contribution is 2.53. The maximum Gasteiger partial charge on any atom is 0.326 e. The highest BCUT2D eigenvalue weighted by molar-refractivity contribution is 6.11. The molecular formula is C20H20FN9O. The van der Waals surface area contributed by atoms with E-state index in [-0.39, 0.29) is 23.2 Å². The van der Waals surface area contributed by atoms with Crippen molar-refractivity contribution in [1.82, 2.24) is 29.9 Å². The predicted molar refractivity (Wildman–Crippen MR) is 113 cm³/mol. The number of ether oxygens (including phenoxy) is 1. The van der Waals surface area contributed by atoms with E-state index in [9.17, 15) is 4.39 Å². The van der Waals surface area contributed by atoms with Crippen LogP contribution in [0.5, 0.6) is 11.8 Å². The van der Waals surface area contributed by atoms with Crippen LogP contribution in [0.3, 0.4) is 0 Å². The van der Waals surface area contributed by atoms with Crippen LogP contribution in [0.2, 0.25) is 0 Å². The summed E-state index contributed by atoms with van der Waals surface area (Å²) in [4.78, 5) is 27.3. The molecule has 1 saturated carbocycles. The number of hydrogen-bond acceptors (Lipinski definition) is 9. The third-order valence-corrected chi connectivity index (χ3v) is 6.22. The minimum atomic E-state index is -0.500. The molecule has 4 aromatic rings. The first-order valence-electron chi connectivity index (χ1n) is 10.1. The topological polar surface area (TPSA) is 131 Å².